The van der Waals surface area contributed by atoms with Crippen LogP contribution in [0.5, 0.6) is 11.5 Å². The first-order valence-electron chi connectivity index (χ1n) is 10.7. The van der Waals surface area contributed by atoms with Crippen molar-refractivity contribution in [2.45, 2.75) is 26.0 Å². The third-order valence-electron chi connectivity index (χ3n) is 5.29. The summed E-state index contributed by atoms with van der Waals surface area (Å²) in [6.07, 6.45) is 3.54. The number of halogens is 1. The monoisotopic (exact) mass is 441 g/mol. The molecule has 2 aromatic rings. The first kappa shape index (κ1) is 22.0. The molecule has 8 heteroatoms. The number of rotatable bonds is 8. The van der Waals surface area contributed by atoms with E-state index < -0.39 is 5.82 Å². The fourth-order valence-electron chi connectivity index (χ4n) is 3.57. The lowest BCUT2D eigenvalue weighted by Gasteiger charge is -2.18. The Morgan fingerprint density at radius 3 is 2.62 bits per heavy atom. The number of hydroxylamine groups is 1. The summed E-state index contributed by atoms with van der Waals surface area (Å²) in [5, 5.41) is 0. The third-order valence-corrected chi connectivity index (χ3v) is 5.29. The Labute approximate surface area is 187 Å². The summed E-state index contributed by atoms with van der Waals surface area (Å²) in [5.74, 6) is 0.331. The molecule has 1 fully saturated rings. The quantitative estimate of drug-likeness (QED) is 0.629. The maximum atomic E-state index is 14.0. The largest absolute Gasteiger partial charge is 0.489 e. The first-order valence-corrected chi connectivity index (χ1v) is 10.7. The summed E-state index contributed by atoms with van der Waals surface area (Å²) in [7, 11) is 1.64. The third kappa shape index (κ3) is 6.13. The second-order valence-electron chi connectivity index (χ2n) is 7.65. The summed E-state index contributed by atoms with van der Waals surface area (Å²) in [6, 6.07) is 13.1. The molecule has 0 spiro atoms. The number of amidine groups is 1. The summed E-state index contributed by atoms with van der Waals surface area (Å²) in [4.78, 5) is 11.9. The van der Waals surface area contributed by atoms with Gasteiger partial charge in [0, 0.05) is 37.5 Å². The average molecular weight is 442 g/mol. The Balaban J connectivity index is 1.29. The van der Waals surface area contributed by atoms with E-state index in [1.54, 1.807) is 19.4 Å². The van der Waals surface area contributed by atoms with Gasteiger partial charge >= 0.3 is 0 Å². The highest BCUT2D eigenvalue weighted by Gasteiger charge is 2.17. The SMILES string of the molecule is COC1=NCCN1Cc1ccc(COc2cc(F)cc(ONC=C3CCOCC3)c2)cc1. The average Bonchev–Trinajstić information content (AvgIpc) is 3.26. The molecule has 0 atom stereocenters. The molecule has 1 N–H and O–H groups in total. The molecule has 32 heavy (non-hydrogen) atoms. The highest BCUT2D eigenvalue weighted by atomic mass is 19.1. The number of benzene rings is 2. The van der Waals surface area contributed by atoms with E-state index in [2.05, 4.69) is 27.5 Å². The molecule has 1 saturated heterocycles. The second-order valence-corrected chi connectivity index (χ2v) is 7.65. The van der Waals surface area contributed by atoms with Crippen molar-refractivity contribution in [1.82, 2.24) is 10.4 Å². The summed E-state index contributed by atoms with van der Waals surface area (Å²) >= 11 is 0. The molecule has 2 aliphatic heterocycles. The summed E-state index contributed by atoms with van der Waals surface area (Å²) < 4.78 is 30.4. The molecule has 2 aromatic carbocycles. The molecule has 0 amide bonds. The smallest absolute Gasteiger partial charge is 0.287 e. The number of nitrogens with one attached hydrogen (secondary N) is 1. The summed E-state index contributed by atoms with van der Waals surface area (Å²) in [5.41, 5.74) is 6.14. The predicted octanol–water partition coefficient (Wildman–Crippen LogP) is 3.80. The van der Waals surface area contributed by atoms with E-state index in [1.807, 2.05) is 12.1 Å². The maximum Gasteiger partial charge on any atom is 0.287 e. The van der Waals surface area contributed by atoms with Gasteiger partial charge in [-0.2, -0.15) is 0 Å². The van der Waals surface area contributed by atoms with Crippen molar-refractivity contribution >= 4 is 6.02 Å². The van der Waals surface area contributed by atoms with Gasteiger partial charge in [-0.1, -0.05) is 24.3 Å². The van der Waals surface area contributed by atoms with Crippen molar-refractivity contribution < 1.29 is 23.4 Å². The molecule has 0 aliphatic carbocycles. The zero-order valence-corrected chi connectivity index (χ0v) is 18.2. The Bertz CT molecular complexity index is 954. The number of nitrogens with zero attached hydrogens (tertiary/aromatic N) is 2. The number of ether oxygens (including phenoxy) is 3. The van der Waals surface area contributed by atoms with Crippen LogP contribution in [0.3, 0.4) is 0 Å². The molecule has 4 rings (SSSR count). The van der Waals surface area contributed by atoms with Gasteiger partial charge < -0.3 is 23.9 Å². The van der Waals surface area contributed by atoms with E-state index in [-0.39, 0.29) is 0 Å². The molecule has 2 heterocycles. The van der Waals surface area contributed by atoms with Crippen molar-refractivity contribution in [3.05, 3.63) is 71.2 Å². The lowest BCUT2D eigenvalue weighted by atomic mass is 10.1. The van der Waals surface area contributed by atoms with E-state index in [9.17, 15) is 4.39 Å². The second kappa shape index (κ2) is 10.9. The van der Waals surface area contributed by atoms with Crippen LogP contribution in [0.25, 0.3) is 0 Å². The van der Waals surface area contributed by atoms with E-state index in [0.29, 0.717) is 37.3 Å². The maximum absolute atomic E-state index is 14.0. The van der Waals surface area contributed by atoms with Crippen LogP contribution in [0, 0.1) is 5.82 Å². The Morgan fingerprint density at radius 1 is 1.09 bits per heavy atom. The van der Waals surface area contributed by atoms with E-state index in [4.69, 9.17) is 19.0 Å². The number of methoxy groups -OCH3 is 1. The predicted molar refractivity (Wildman–Crippen MR) is 119 cm³/mol. The van der Waals surface area contributed by atoms with Crippen LogP contribution < -0.4 is 15.1 Å². The number of hydrogen-bond donors (Lipinski definition) is 1. The first-order chi connectivity index (χ1) is 15.7. The highest BCUT2D eigenvalue weighted by Crippen LogP contribution is 2.23. The number of aliphatic imine (C=N–C) groups is 1. The topological polar surface area (TPSA) is 64.6 Å². The molecule has 0 aromatic heterocycles. The standard InChI is InChI=1S/C24H28FN3O4/c1-29-24-26-8-9-28(24)16-19-2-4-20(5-3-19)17-31-22-12-21(25)13-23(14-22)32-27-15-18-6-10-30-11-7-18/h2-5,12-15,27H,6-11,16-17H2,1H3. The molecule has 2 aliphatic rings. The normalized spacial score (nSPS) is 15.9. The Kier molecular flexibility index (Phi) is 7.45. The minimum Gasteiger partial charge on any atom is -0.489 e. The van der Waals surface area contributed by atoms with Crippen LogP contribution in [0.4, 0.5) is 4.39 Å². The van der Waals surface area contributed by atoms with Gasteiger partial charge in [0.2, 0.25) is 0 Å². The summed E-state index contributed by atoms with van der Waals surface area (Å²) in [6.45, 7) is 4.12. The zero-order valence-electron chi connectivity index (χ0n) is 18.2. The molecule has 0 unspecified atom stereocenters. The van der Waals surface area contributed by atoms with Gasteiger partial charge in [0.25, 0.3) is 6.02 Å². The van der Waals surface area contributed by atoms with Crippen LogP contribution in [-0.4, -0.2) is 44.3 Å². The van der Waals surface area contributed by atoms with Crippen molar-refractivity contribution in [3.63, 3.8) is 0 Å². The number of hydrogen-bond acceptors (Lipinski definition) is 7. The lowest BCUT2D eigenvalue weighted by molar-refractivity contribution is 0.117. The Hall–Kier alpha value is -3.26. The van der Waals surface area contributed by atoms with Crippen molar-refractivity contribution in [2.75, 3.05) is 33.4 Å². The van der Waals surface area contributed by atoms with E-state index in [1.165, 1.54) is 17.7 Å². The fraction of sp³-hybridized carbons (Fsp3) is 0.375. The molecule has 7 nitrogen and oxygen atoms in total. The van der Waals surface area contributed by atoms with Crippen LogP contribution in [0.2, 0.25) is 0 Å². The van der Waals surface area contributed by atoms with Gasteiger partial charge in [-0.05, 0) is 29.5 Å². The minimum atomic E-state index is -0.422. The van der Waals surface area contributed by atoms with Crippen LogP contribution in [-0.2, 0) is 22.6 Å². The van der Waals surface area contributed by atoms with Gasteiger partial charge in [0.05, 0.1) is 26.9 Å². The van der Waals surface area contributed by atoms with Gasteiger partial charge in [0.1, 0.15) is 18.2 Å². The molecule has 0 radical (unpaired) electrons. The van der Waals surface area contributed by atoms with Crippen LogP contribution in [0.1, 0.15) is 24.0 Å². The van der Waals surface area contributed by atoms with E-state index in [0.717, 1.165) is 43.6 Å². The van der Waals surface area contributed by atoms with E-state index >= 15 is 0 Å². The Morgan fingerprint density at radius 2 is 1.84 bits per heavy atom. The molecular formula is C24H28FN3O4. The van der Waals surface area contributed by atoms with Gasteiger partial charge in [-0.3, -0.25) is 0 Å². The van der Waals surface area contributed by atoms with Crippen molar-refractivity contribution in [2.24, 2.45) is 4.99 Å². The van der Waals surface area contributed by atoms with Crippen LogP contribution in [0.15, 0.2) is 59.2 Å². The van der Waals surface area contributed by atoms with Crippen LogP contribution >= 0.6 is 0 Å². The fourth-order valence-corrected chi connectivity index (χ4v) is 3.57. The van der Waals surface area contributed by atoms with Crippen molar-refractivity contribution in [1.29, 1.82) is 0 Å². The van der Waals surface area contributed by atoms with Gasteiger partial charge in [0.15, 0.2) is 5.75 Å². The zero-order chi connectivity index (χ0) is 22.2. The minimum absolute atomic E-state index is 0.329. The molecular weight excluding hydrogens is 413 g/mol. The lowest BCUT2D eigenvalue weighted by Crippen LogP contribution is -2.28. The molecule has 0 saturated carbocycles. The molecule has 0 bridgehead atoms. The van der Waals surface area contributed by atoms with Crippen molar-refractivity contribution in [3.8, 4) is 11.5 Å². The highest BCUT2D eigenvalue weighted by molar-refractivity contribution is 5.75. The van der Waals surface area contributed by atoms with Gasteiger partial charge in [-0.25, -0.2) is 14.9 Å². The van der Waals surface area contributed by atoms with Gasteiger partial charge in [-0.15, -0.1) is 0 Å². The molecule has 170 valence electrons.